The second-order valence-electron chi connectivity index (χ2n) is 7.96. The molecule has 2 amide bonds. The normalized spacial score (nSPS) is 23.3. The molecule has 0 saturated carbocycles. The monoisotopic (exact) mass is 378 g/mol. The highest BCUT2D eigenvalue weighted by Gasteiger charge is 2.25. The predicted molar refractivity (Wildman–Crippen MR) is 109 cm³/mol. The summed E-state index contributed by atoms with van der Waals surface area (Å²) in [7, 11) is 0. The summed E-state index contributed by atoms with van der Waals surface area (Å²) in [4.78, 5) is 18.7. The minimum absolute atomic E-state index is 0.0209. The maximum Gasteiger partial charge on any atom is 0.314 e. The van der Waals surface area contributed by atoms with Crippen LogP contribution in [-0.2, 0) is 0 Å². The molecular weight excluding hydrogens is 344 g/mol. The maximum absolute atomic E-state index is 12.3. The number of nitrogens with zero attached hydrogens (tertiary/aromatic N) is 2. The van der Waals surface area contributed by atoms with Gasteiger partial charge >= 0.3 is 6.03 Å². The molecule has 2 aliphatic heterocycles. The van der Waals surface area contributed by atoms with Crippen LogP contribution in [0.4, 0.5) is 4.79 Å². The van der Waals surface area contributed by atoms with Gasteiger partial charge in [0.15, 0.2) is 0 Å². The smallest absolute Gasteiger partial charge is 0.314 e. The van der Waals surface area contributed by atoms with Gasteiger partial charge < -0.3 is 15.5 Å². The Labute approximate surface area is 162 Å². The average molecular weight is 379 g/mol. The van der Waals surface area contributed by atoms with Crippen molar-refractivity contribution in [2.24, 2.45) is 5.92 Å². The molecule has 26 heavy (non-hydrogen) atoms. The summed E-state index contributed by atoms with van der Waals surface area (Å²) in [6.45, 7) is 10.6. The molecule has 6 heteroatoms. The lowest BCUT2D eigenvalue weighted by Gasteiger charge is -2.35. The zero-order chi connectivity index (χ0) is 18.4. The van der Waals surface area contributed by atoms with Crippen LogP contribution in [0.5, 0.6) is 0 Å². The van der Waals surface area contributed by atoms with Gasteiger partial charge in [-0.05, 0) is 76.5 Å². The molecule has 146 valence electrons. The first-order valence-electron chi connectivity index (χ1n) is 10.2. The zero-order valence-electron chi connectivity index (χ0n) is 16.2. The Hall–Kier alpha value is -1.11. The van der Waals surface area contributed by atoms with Crippen molar-refractivity contribution in [2.45, 2.75) is 51.6 Å². The Morgan fingerprint density at radius 2 is 1.96 bits per heavy atom. The average Bonchev–Trinajstić information content (AvgIpc) is 3.35. The lowest BCUT2D eigenvalue weighted by atomic mass is 9.97. The Balaban J connectivity index is 1.43. The summed E-state index contributed by atoms with van der Waals surface area (Å²) in [5, 5.41) is 8.36. The van der Waals surface area contributed by atoms with Crippen LogP contribution < -0.4 is 10.6 Å². The van der Waals surface area contributed by atoms with Gasteiger partial charge in [-0.2, -0.15) is 0 Å². The van der Waals surface area contributed by atoms with Crippen molar-refractivity contribution >= 4 is 17.4 Å². The molecule has 2 aliphatic rings. The fraction of sp³-hybridized carbons (Fsp3) is 0.750. The topological polar surface area (TPSA) is 47.6 Å². The third-order valence-electron chi connectivity index (χ3n) is 5.74. The number of hydrogen-bond acceptors (Lipinski definition) is 4. The van der Waals surface area contributed by atoms with Crippen molar-refractivity contribution in [1.82, 2.24) is 20.4 Å². The first kappa shape index (κ1) is 19.6. The quantitative estimate of drug-likeness (QED) is 0.765. The van der Waals surface area contributed by atoms with Crippen LogP contribution in [0.1, 0.15) is 50.4 Å². The van der Waals surface area contributed by atoms with Crippen LogP contribution >= 0.6 is 11.3 Å². The van der Waals surface area contributed by atoms with E-state index in [2.05, 4.69) is 51.8 Å². The van der Waals surface area contributed by atoms with Crippen LogP contribution in [0, 0.1) is 5.92 Å². The van der Waals surface area contributed by atoms with E-state index in [0.29, 0.717) is 24.5 Å². The van der Waals surface area contributed by atoms with E-state index in [-0.39, 0.29) is 6.03 Å². The molecule has 3 rings (SSSR count). The van der Waals surface area contributed by atoms with Crippen molar-refractivity contribution in [2.75, 3.05) is 39.3 Å². The molecule has 0 bridgehead atoms. The molecule has 5 nitrogen and oxygen atoms in total. The van der Waals surface area contributed by atoms with Gasteiger partial charge in [0.2, 0.25) is 0 Å². The third-order valence-corrected chi connectivity index (χ3v) is 6.71. The Bertz CT molecular complexity index is 542. The van der Waals surface area contributed by atoms with Crippen molar-refractivity contribution in [3.05, 3.63) is 22.4 Å². The first-order chi connectivity index (χ1) is 12.6. The molecule has 0 aliphatic carbocycles. The lowest BCUT2D eigenvalue weighted by Crippen LogP contribution is -2.46. The van der Waals surface area contributed by atoms with E-state index in [9.17, 15) is 4.79 Å². The molecule has 0 spiro atoms. The lowest BCUT2D eigenvalue weighted by molar-refractivity contribution is 0.139. The van der Waals surface area contributed by atoms with E-state index in [1.165, 1.54) is 37.1 Å². The fourth-order valence-corrected chi connectivity index (χ4v) is 5.03. The number of carbonyl (C=O) groups excluding carboxylic acids is 1. The van der Waals surface area contributed by atoms with Gasteiger partial charge in [-0.15, -0.1) is 11.3 Å². The van der Waals surface area contributed by atoms with Gasteiger partial charge in [0.1, 0.15) is 0 Å². The number of urea groups is 1. The molecule has 2 N–H and O–H groups in total. The zero-order valence-corrected chi connectivity index (χ0v) is 17.1. The van der Waals surface area contributed by atoms with E-state index < -0.39 is 0 Å². The van der Waals surface area contributed by atoms with Crippen molar-refractivity contribution in [3.8, 4) is 0 Å². The number of rotatable bonds is 7. The van der Waals surface area contributed by atoms with Crippen molar-refractivity contribution in [3.63, 3.8) is 0 Å². The number of nitrogens with one attached hydrogen (secondary N) is 2. The minimum Gasteiger partial charge on any atom is -0.338 e. The number of thiophene rings is 1. The molecule has 0 aromatic carbocycles. The predicted octanol–water partition coefficient (Wildman–Crippen LogP) is 3.30. The Kier molecular flexibility index (Phi) is 7.34. The standard InChI is InChI=1S/C20H34N4OS/c1-16(2)24-11-5-7-17(15-24)13-21-20(25)22-14-18(19-8-6-12-26-19)23-9-3-4-10-23/h6,8,12,16-18H,3-5,7,9-11,13-15H2,1-2H3,(H2,21,22,25). The number of carbonyl (C=O) groups is 1. The first-order valence-corrected chi connectivity index (χ1v) is 11.0. The van der Waals surface area contributed by atoms with E-state index >= 15 is 0 Å². The second-order valence-corrected chi connectivity index (χ2v) is 8.94. The molecule has 2 atom stereocenters. The fourth-order valence-electron chi connectivity index (χ4n) is 4.17. The van der Waals surface area contributed by atoms with Crippen LogP contribution in [0.2, 0.25) is 0 Å². The summed E-state index contributed by atoms with van der Waals surface area (Å²) in [5.74, 6) is 0.573. The van der Waals surface area contributed by atoms with E-state index in [4.69, 9.17) is 0 Å². The van der Waals surface area contributed by atoms with Crippen molar-refractivity contribution < 1.29 is 4.79 Å². The molecule has 2 saturated heterocycles. The van der Waals surface area contributed by atoms with Crippen LogP contribution in [-0.4, -0.2) is 61.1 Å². The number of piperidine rings is 1. The number of hydrogen-bond donors (Lipinski definition) is 2. The van der Waals surface area contributed by atoms with Gasteiger partial charge in [-0.3, -0.25) is 4.90 Å². The van der Waals surface area contributed by atoms with Gasteiger partial charge in [0.05, 0.1) is 6.04 Å². The van der Waals surface area contributed by atoms with Gasteiger partial charge in [0.25, 0.3) is 0 Å². The van der Waals surface area contributed by atoms with E-state index in [0.717, 1.165) is 26.2 Å². The largest absolute Gasteiger partial charge is 0.338 e. The molecule has 1 aromatic heterocycles. The molecular formula is C20H34N4OS. The summed E-state index contributed by atoms with van der Waals surface area (Å²) < 4.78 is 0. The minimum atomic E-state index is -0.0209. The van der Waals surface area contributed by atoms with Gasteiger partial charge in [-0.1, -0.05) is 6.07 Å². The maximum atomic E-state index is 12.3. The summed E-state index contributed by atoms with van der Waals surface area (Å²) >= 11 is 1.79. The number of amides is 2. The highest BCUT2D eigenvalue weighted by Crippen LogP contribution is 2.27. The van der Waals surface area contributed by atoms with Gasteiger partial charge in [-0.25, -0.2) is 4.79 Å². The number of likely N-dealkylation sites (tertiary alicyclic amines) is 2. The van der Waals surface area contributed by atoms with Crippen LogP contribution in [0.25, 0.3) is 0 Å². The molecule has 2 unspecified atom stereocenters. The van der Waals surface area contributed by atoms with Crippen LogP contribution in [0.3, 0.4) is 0 Å². The molecule has 3 heterocycles. The summed E-state index contributed by atoms with van der Waals surface area (Å²) in [6.07, 6.45) is 4.99. The Morgan fingerprint density at radius 3 is 2.65 bits per heavy atom. The van der Waals surface area contributed by atoms with Crippen LogP contribution in [0.15, 0.2) is 17.5 Å². The molecule has 1 aromatic rings. The van der Waals surface area contributed by atoms with E-state index in [1.807, 2.05) is 0 Å². The van der Waals surface area contributed by atoms with Crippen molar-refractivity contribution in [1.29, 1.82) is 0 Å². The SMILES string of the molecule is CC(C)N1CCCC(CNC(=O)NCC(c2cccs2)N2CCCC2)C1. The van der Waals surface area contributed by atoms with E-state index in [1.54, 1.807) is 11.3 Å². The third kappa shape index (κ3) is 5.44. The highest BCUT2D eigenvalue weighted by atomic mass is 32.1. The van der Waals surface area contributed by atoms with Gasteiger partial charge in [0, 0.05) is 30.6 Å². The summed E-state index contributed by atoms with van der Waals surface area (Å²) in [6, 6.07) is 5.18. The second kappa shape index (κ2) is 9.72. The Morgan fingerprint density at radius 1 is 1.19 bits per heavy atom. The molecule has 2 fully saturated rings. The molecule has 0 radical (unpaired) electrons. The highest BCUT2D eigenvalue weighted by molar-refractivity contribution is 7.10. The summed E-state index contributed by atoms with van der Waals surface area (Å²) in [5.41, 5.74) is 0.